The van der Waals surface area contributed by atoms with Gasteiger partial charge in [0.15, 0.2) is 9.84 Å². The van der Waals surface area contributed by atoms with Crippen molar-refractivity contribution in [3.8, 4) is 0 Å². The van der Waals surface area contributed by atoms with Crippen molar-refractivity contribution in [1.29, 1.82) is 0 Å². The van der Waals surface area contributed by atoms with Crippen molar-refractivity contribution in [2.75, 3.05) is 12.8 Å². The molecule has 1 saturated carbocycles. The Hall–Kier alpha value is -0.520. The summed E-state index contributed by atoms with van der Waals surface area (Å²) in [5, 5.41) is 0.549. The summed E-state index contributed by atoms with van der Waals surface area (Å²) in [4.78, 5) is 1.52. The van der Waals surface area contributed by atoms with Gasteiger partial charge < -0.3 is 5.73 Å². The van der Waals surface area contributed by atoms with Crippen LogP contribution in [0.25, 0.3) is 0 Å². The third-order valence-corrected chi connectivity index (χ3v) is 6.59. The Bertz CT molecular complexity index is 539. The third kappa shape index (κ3) is 3.99. The molecular formula is C15H23NO2S2. The summed E-state index contributed by atoms with van der Waals surface area (Å²) in [7, 11) is -3.11. The normalized spacial score (nSPS) is 27.4. The molecule has 0 aromatic heterocycles. The number of sulfone groups is 1. The van der Waals surface area contributed by atoms with Crippen LogP contribution in [0, 0.1) is 11.8 Å². The van der Waals surface area contributed by atoms with Gasteiger partial charge in [0, 0.05) is 16.4 Å². The van der Waals surface area contributed by atoms with Crippen molar-refractivity contribution in [1.82, 2.24) is 0 Å². The van der Waals surface area contributed by atoms with Crippen molar-refractivity contribution < 1.29 is 8.42 Å². The highest BCUT2D eigenvalue weighted by Crippen LogP contribution is 2.39. The fourth-order valence-corrected chi connectivity index (χ4v) is 4.88. The van der Waals surface area contributed by atoms with Crippen LogP contribution < -0.4 is 5.73 Å². The average molecular weight is 313 g/mol. The molecule has 112 valence electrons. The lowest BCUT2D eigenvalue weighted by atomic mass is 9.82. The fourth-order valence-electron chi connectivity index (χ4n) is 2.75. The van der Waals surface area contributed by atoms with Crippen LogP contribution in [0.15, 0.2) is 34.1 Å². The minimum Gasteiger partial charge on any atom is -0.330 e. The first-order valence-electron chi connectivity index (χ1n) is 7.07. The molecule has 0 saturated heterocycles. The Kier molecular flexibility index (Phi) is 5.15. The topological polar surface area (TPSA) is 60.2 Å². The standard InChI is InChI=1S/C15H23NO2S2/c1-11-3-4-12(10-16)15(9-11)19-13-5-7-14(8-6-13)20(2,17)18/h5-8,11-12,15H,3-4,9-10,16H2,1-2H3. The molecule has 1 aliphatic carbocycles. The van der Waals surface area contributed by atoms with Gasteiger partial charge in [-0.1, -0.05) is 13.3 Å². The third-order valence-electron chi connectivity index (χ3n) is 4.03. The van der Waals surface area contributed by atoms with Crippen LogP contribution in [0.4, 0.5) is 0 Å². The Morgan fingerprint density at radius 2 is 1.90 bits per heavy atom. The van der Waals surface area contributed by atoms with Crippen molar-refractivity contribution in [3.05, 3.63) is 24.3 Å². The first-order chi connectivity index (χ1) is 9.40. The minimum absolute atomic E-state index is 0.384. The number of rotatable bonds is 4. The molecular weight excluding hydrogens is 290 g/mol. The fraction of sp³-hybridized carbons (Fsp3) is 0.600. The van der Waals surface area contributed by atoms with Crippen LogP contribution in [-0.2, 0) is 9.84 Å². The van der Waals surface area contributed by atoms with Gasteiger partial charge in [-0.2, -0.15) is 0 Å². The zero-order valence-electron chi connectivity index (χ0n) is 12.1. The maximum absolute atomic E-state index is 11.5. The van der Waals surface area contributed by atoms with E-state index in [0.717, 1.165) is 17.4 Å². The molecule has 3 atom stereocenters. The Morgan fingerprint density at radius 1 is 1.25 bits per heavy atom. The van der Waals surface area contributed by atoms with Gasteiger partial charge in [0.2, 0.25) is 0 Å². The summed E-state index contributed by atoms with van der Waals surface area (Å²) >= 11 is 1.85. The summed E-state index contributed by atoms with van der Waals surface area (Å²) in [6, 6.07) is 7.21. The molecule has 5 heteroatoms. The molecule has 20 heavy (non-hydrogen) atoms. The average Bonchev–Trinajstić information content (AvgIpc) is 2.38. The van der Waals surface area contributed by atoms with Gasteiger partial charge in [0.1, 0.15) is 0 Å². The Morgan fingerprint density at radius 3 is 2.45 bits per heavy atom. The summed E-state index contributed by atoms with van der Waals surface area (Å²) in [5.74, 6) is 1.33. The van der Waals surface area contributed by atoms with Gasteiger partial charge in [-0.25, -0.2) is 8.42 Å². The van der Waals surface area contributed by atoms with Crippen LogP contribution in [0.3, 0.4) is 0 Å². The van der Waals surface area contributed by atoms with E-state index in [0.29, 0.717) is 16.1 Å². The summed E-state index contributed by atoms with van der Waals surface area (Å²) in [5.41, 5.74) is 5.88. The van der Waals surface area contributed by atoms with Crippen LogP contribution in [0.2, 0.25) is 0 Å². The number of benzene rings is 1. The number of nitrogens with two attached hydrogens (primary N) is 1. The maximum Gasteiger partial charge on any atom is 0.175 e. The van der Waals surface area contributed by atoms with Crippen molar-refractivity contribution in [2.24, 2.45) is 17.6 Å². The first-order valence-corrected chi connectivity index (χ1v) is 9.84. The van der Waals surface area contributed by atoms with Crippen molar-refractivity contribution in [3.63, 3.8) is 0 Å². The van der Waals surface area contributed by atoms with Gasteiger partial charge in [0.25, 0.3) is 0 Å². The maximum atomic E-state index is 11.5. The summed E-state index contributed by atoms with van der Waals surface area (Å²) in [6.45, 7) is 3.04. The largest absolute Gasteiger partial charge is 0.330 e. The van der Waals surface area contributed by atoms with Gasteiger partial charge in [-0.15, -0.1) is 11.8 Å². The molecule has 1 aromatic rings. The first kappa shape index (κ1) is 15.9. The highest BCUT2D eigenvalue weighted by atomic mass is 32.2. The SMILES string of the molecule is CC1CCC(CN)C(Sc2ccc(S(C)(=O)=O)cc2)C1. The van der Waals surface area contributed by atoms with Gasteiger partial charge in [-0.05, 0) is 55.5 Å². The minimum atomic E-state index is -3.11. The van der Waals surface area contributed by atoms with E-state index in [4.69, 9.17) is 5.73 Å². The smallest absolute Gasteiger partial charge is 0.175 e. The lowest BCUT2D eigenvalue weighted by molar-refractivity contribution is 0.306. The van der Waals surface area contributed by atoms with E-state index in [1.165, 1.54) is 25.5 Å². The lowest BCUT2D eigenvalue weighted by Gasteiger charge is -2.33. The zero-order chi connectivity index (χ0) is 14.8. The Labute approximate surface area is 126 Å². The van der Waals surface area contributed by atoms with E-state index in [1.54, 1.807) is 12.1 Å². The van der Waals surface area contributed by atoms with E-state index >= 15 is 0 Å². The molecule has 0 radical (unpaired) electrons. The predicted octanol–water partition coefficient (Wildman–Crippen LogP) is 2.95. The van der Waals surface area contributed by atoms with Gasteiger partial charge in [0.05, 0.1) is 4.90 Å². The molecule has 1 fully saturated rings. The molecule has 0 spiro atoms. The number of hydrogen-bond acceptors (Lipinski definition) is 4. The molecule has 1 aliphatic rings. The van der Waals surface area contributed by atoms with E-state index in [1.807, 2.05) is 23.9 Å². The second-order valence-electron chi connectivity index (χ2n) is 5.81. The molecule has 3 nitrogen and oxygen atoms in total. The lowest BCUT2D eigenvalue weighted by Crippen LogP contribution is -2.31. The second kappa shape index (κ2) is 6.50. The quantitative estimate of drug-likeness (QED) is 0.928. The van der Waals surface area contributed by atoms with Crippen LogP contribution in [-0.4, -0.2) is 26.5 Å². The molecule has 1 aromatic carbocycles. The molecule has 0 heterocycles. The molecule has 3 unspecified atom stereocenters. The molecule has 0 amide bonds. The summed E-state index contributed by atoms with van der Waals surface area (Å²) in [6.07, 6.45) is 4.91. The summed E-state index contributed by atoms with van der Waals surface area (Å²) < 4.78 is 22.9. The van der Waals surface area contributed by atoms with E-state index < -0.39 is 9.84 Å². The van der Waals surface area contributed by atoms with E-state index in [2.05, 4.69) is 6.92 Å². The van der Waals surface area contributed by atoms with Gasteiger partial charge in [-0.3, -0.25) is 0 Å². The van der Waals surface area contributed by atoms with Crippen LogP contribution >= 0.6 is 11.8 Å². The second-order valence-corrected chi connectivity index (χ2v) is 9.14. The Balaban J connectivity index is 2.08. The highest BCUT2D eigenvalue weighted by molar-refractivity contribution is 8.00. The van der Waals surface area contributed by atoms with Crippen molar-refractivity contribution >= 4 is 21.6 Å². The van der Waals surface area contributed by atoms with Crippen LogP contribution in [0.1, 0.15) is 26.2 Å². The molecule has 2 N–H and O–H groups in total. The predicted molar refractivity (Wildman–Crippen MR) is 84.8 cm³/mol. The molecule has 2 rings (SSSR count). The van der Waals surface area contributed by atoms with E-state index in [-0.39, 0.29) is 0 Å². The van der Waals surface area contributed by atoms with Crippen molar-refractivity contribution in [2.45, 2.75) is 41.2 Å². The number of thioether (sulfide) groups is 1. The molecule has 0 bridgehead atoms. The number of hydrogen-bond donors (Lipinski definition) is 1. The van der Waals surface area contributed by atoms with Crippen LogP contribution in [0.5, 0.6) is 0 Å². The molecule has 0 aliphatic heterocycles. The zero-order valence-corrected chi connectivity index (χ0v) is 13.7. The van der Waals surface area contributed by atoms with E-state index in [9.17, 15) is 8.42 Å². The van der Waals surface area contributed by atoms with Gasteiger partial charge >= 0.3 is 0 Å². The highest BCUT2D eigenvalue weighted by Gasteiger charge is 2.28. The monoisotopic (exact) mass is 313 g/mol.